The Morgan fingerprint density at radius 2 is 1.96 bits per heavy atom. The zero-order valence-corrected chi connectivity index (χ0v) is 14.3. The molecule has 0 saturated carbocycles. The highest BCUT2D eigenvalue weighted by atomic mass is 16.7. The number of phenols is 1. The summed E-state index contributed by atoms with van der Waals surface area (Å²) >= 11 is 0. The molecule has 26 heavy (non-hydrogen) atoms. The van der Waals surface area contributed by atoms with E-state index in [1.165, 1.54) is 19.2 Å². The van der Waals surface area contributed by atoms with E-state index in [-0.39, 0.29) is 18.6 Å². The second-order valence-corrected chi connectivity index (χ2v) is 6.03. The largest absolute Gasteiger partial charge is 0.508 e. The number of carbonyl (C=O) groups excluding carboxylic acids is 1. The Morgan fingerprint density at radius 3 is 2.58 bits per heavy atom. The highest BCUT2D eigenvalue weighted by Gasteiger charge is 2.44. The molecule has 0 aromatic heterocycles. The molecular weight excluding hydrogens is 348 g/mol. The van der Waals surface area contributed by atoms with Crippen molar-refractivity contribution >= 4 is 5.97 Å². The number of aliphatic hydroxyl groups is 4. The van der Waals surface area contributed by atoms with Crippen LogP contribution in [0, 0.1) is 0 Å². The van der Waals surface area contributed by atoms with E-state index in [0.717, 1.165) is 0 Å². The lowest BCUT2D eigenvalue weighted by molar-refractivity contribution is -0.313. The van der Waals surface area contributed by atoms with Gasteiger partial charge in [0.1, 0.15) is 30.2 Å². The molecular formula is C17H24O9. The van der Waals surface area contributed by atoms with Gasteiger partial charge in [-0.05, 0) is 24.1 Å². The zero-order valence-electron chi connectivity index (χ0n) is 14.3. The fourth-order valence-corrected chi connectivity index (χ4v) is 2.73. The first-order valence-corrected chi connectivity index (χ1v) is 8.19. The summed E-state index contributed by atoms with van der Waals surface area (Å²) in [7, 11) is 1.25. The molecule has 1 aromatic carbocycles. The number of hydrogen-bond donors (Lipinski definition) is 5. The van der Waals surface area contributed by atoms with Crippen LogP contribution in [0.4, 0.5) is 0 Å². The molecule has 9 nitrogen and oxygen atoms in total. The maximum Gasteiger partial charge on any atom is 0.305 e. The number of aliphatic hydroxyl groups excluding tert-OH is 4. The van der Waals surface area contributed by atoms with E-state index in [2.05, 4.69) is 4.74 Å². The predicted octanol–water partition coefficient (Wildman–Crippen LogP) is -0.797. The number of benzene rings is 1. The monoisotopic (exact) mass is 372 g/mol. The van der Waals surface area contributed by atoms with Crippen molar-refractivity contribution in [1.82, 2.24) is 0 Å². The van der Waals surface area contributed by atoms with Crippen LogP contribution in [0.5, 0.6) is 5.75 Å². The van der Waals surface area contributed by atoms with Gasteiger partial charge in [0, 0.05) is 6.42 Å². The van der Waals surface area contributed by atoms with Crippen LogP contribution in [0.2, 0.25) is 0 Å². The van der Waals surface area contributed by atoms with Crippen molar-refractivity contribution in [2.24, 2.45) is 0 Å². The van der Waals surface area contributed by atoms with Gasteiger partial charge in [-0.2, -0.15) is 0 Å². The van der Waals surface area contributed by atoms with Crippen molar-refractivity contribution in [3.8, 4) is 5.75 Å². The van der Waals surface area contributed by atoms with Crippen LogP contribution >= 0.6 is 0 Å². The van der Waals surface area contributed by atoms with Crippen molar-refractivity contribution < 1.29 is 44.5 Å². The van der Waals surface area contributed by atoms with Crippen molar-refractivity contribution in [2.45, 2.75) is 49.7 Å². The van der Waals surface area contributed by atoms with E-state index in [0.29, 0.717) is 5.56 Å². The number of methoxy groups -OCH3 is 1. The second kappa shape index (κ2) is 9.26. The Labute approximate surface area is 150 Å². The predicted molar refractivity (Wildman–Crippen MR) is 87.0 cm³/mol. The lowest BCUT2D eigenvalue weighted by Crippen LogP contribution is -2.59. The van der Waals surface area contributed by atoms with Crippen LogP contribution < -0.4 is 0 Å². The number of rotatable bonds is 7. The van der Waals surface area contributed by atoms with E-state index in [9.17, 15) is 30.3 Å². The lowest BCUT2D eigenvalue weighted by Gasteiger charge is -2.40. The minimum atomic E-state index is -1.57. The summed E-state index contributed by atoms with van der Waals surface area (Å²) in [5.74, 6) is -0.476. The Balaban J connectivity index is 2.18. The minimum Gasteiger partial charge on any atom is -0.508 e. The SMILES string of the molecule is COC(=O)CC[C@H](O[C@@H]1O[C@H](CO)[C@@H](O)[C@H](O)[C@H]1O)c1cccc(O)c1. The second-order valence-electron chi connectivity index (χ2n) is 6.03. The van der Waals surface area contributed by atoms with Gasteiger partial charge in [-0.3, -0.25) is 4.79 Å². The quantitative estimate of drug-likeness (QED) is 0.388. The summed E-state index contributed by atoms with van der Waals surface area (Å²) in [5, 5.41) is 48.7. The number of hydrogen-bond acceptors (Lipinski definition) is 9. The van der Waals surface area contributed by atoms with E-state index in [1.807, 2.05) is 0 Å². The topological polar surface area (TPSA) is 146 Å². The average molecular weight is 372 g/mol. The molecule has 1 saturated heterocycles. The molecule has 2 rings (SSSR count). The molecule has 0 amide bonds. The summed E-state index contributed by atoms with van der Waals surface area (Å²) < 4.78 is 15.7. The number of carbonyl (C=O) groups is 1. The molecule has 1 heterocycles. The Hall–Kier alpha value is -1.75. The molecule has 0 unspecified atom stereocenters. The smallest absolute Gasteiger partial charge is 0.305 e. The van der Waals surface area contributed by atoms with E-state index in [4.69, 9.17) is 9.47 Å². The van der Waals surface area contributed by atoms with Gasteiger partial charge in [-0.25, -0.2) is 0 Å². The summed E-state index contributed by atoms with van der Waals surface area (Å²) in [4.78, 5) is 11.5. The Bertz CT molecular complexity index is 591. The van der Waals surface area contributed by atoms with E-state index >= 15 is 0 Å². The molecule has 5 N–H and O–H groups in total. The first-order chi connectivity index (χ1) is 12.4. The molecule has 0 bridgehead atoms. The standard InChI is InChI=1S/C17H24O9/c1-24-13(20)6-5-11(9-3-2-4-10(19)7-9)25-17-16(23)15(22)14(21)12(8-18)26-17/h2-4,7,11-12,14-19,21-23H,5-6,8H2,1H3/t11-,12+,14+,15-,16+,17+/m0/s1. The van der Waals surface area contributed by atoms with Gasteiger partial charge in [0.25, 0.3) is 0 Å². The molecule has 0 aliphatic carbocycles. The third kappa shape index (κ3) is 4.91. The summed E-state index contributed by atoms with van der Waals surface area (Å²) in [6.45, 7) is -0.580. The molecule has 0 spiro atoms. The number of phenolic OH excluding ortho intramolecular Hbond substituents is 1. The van der Waals surface area contributed by atoms with Crippen molar-refractivity contribution in [3.63, 3.8) is 0 Å². The molecule has 9 heteroatoms. The molecule has 1 aliphatic rings. The maximum atomic E-state index is 11.5. The van der Waals surface area contributed by atoms with Gasteiger partial charge in [-0.1, -0.05) is 12.1 Å². The summed E-state index contributed by atoms with van der Waals surface area (Å²) in [6.07, 6.45) is -7.70. The Kier molecular flexibility index (Phi) is 7.33. The van der Waals surface area contributed by atoms with Crippen LogP contribution in [0.25, 0.3) is 0 Å². The first-order valence-electron chi connectivity index (χ1n) is 8.19. The number of ether oxygens (including phenoxy) is 3. The molecule has 1 fully saturated rings. The third-order valence-corrected chi connectivity index (χ3v) is 4.23. The number of aromatic hydroxyl groups is 1. The van der Waals surface area contributed by atoms with E-state index in [1.54, 1.807) is 12.1 Å². The summed E-state index contributed by atoms with van der Waals surface area (Å²) in [6, 6.07) is 6.15. The average Bonchev–Trinajstić information content (AvgIpc) is 2.64. The molecule has 6 atom stereocenters. The molecule has 1 aromatic rings. The van der Waals surface area contributed by atoms with Crippen LogP contribution in [0.3, 0.4) is 0 Å². The lowest BCUT2D eigenvalue weighted by atomic mass is 9.98. The molecule has 146 valence electrons. The van der Waals surface area contributed by atoms with Gasteiger partial charge in [0.05, 0.1) is 19.8 Å². The first kappa shape index (κ1) is 20.6. The van der Waals surface area contributed by atoms with Crippen molar-refractivity contribution in [3.05, 3.63) is 29.8 Å². The maximum absolute atomic E-state index is 11.5. The van der Waals surface area contributed by atoms with Gasteiger partial charge < -0.3 is 39.7 Å². The van der Waals surface area contributed by atoms with Crippen LogP contribution in [-0.2, 0) is 19.0 Å². The van der Waals surface area contributed by atoms with Crippen molar-refractivity contribution in [2.75, 3.05) is 13.7 Å². The fourth-order valence-electron chi connectivity index (χ4n) is 2.73. The Morgan fingerprint density at radius 1 is 1.23 bits per heavy atom. The summed E-state index contributed by atoms with van der Waals surface area (Å²) in [5.41, 5.74) is 0.519. The van der Waals surface area contributed by atoms with Crippen LogP contribution in [-0.4, -0.2) is 75.9 Å². The van der Waals surface area contributed by atoms with Crippen LogP contribution in [0.15, 0.2) is 24.3 Å². The zero-order chi connectivity index (χ0) is 19.3. The fraction of sp³-hybridized carbons (Fsp3) is 0.588. The highest BCUT2D eigenvalue weighted by molar-refractivity contribution is 5.69. The van der Waals surface area contributed by atoms with E-state index < -0.39 is 49.4 Å². The third-order valence-electron chi connectivity index (χ3n) is 4.23. The highest BCUT2D eigenvalue weighted by Crippen LogP contribution is 2.31. The number of esters is 1. The van der Waals surface area contributed by atoms with Gasteiger partial charge in [0.15, 0.2) is 6.29 Å². The van der Waals surface area contributed by atoms with Crippen LogP contribution in [0.1, 0.15) is 24.5 Å². The minimum absolute atomic E-state index is 0.00818. The van der Waals surface area contributed by atoms with Gasteiger partial charge in [-0.15, -0.1) is 0 Å². The van der Waals surface area contributed by atoms with Crippen molar-refractivity contribution in [1.29, 1.82) is 0 Å². The molecule has 1 aliphatic heterocycles. The molecule has 0 radical (unpaired) electrons. The van der Waals surface area contributed by atoms with Gasteiger partial charge >= 0.3 is 5.97 Å². The normalized spacial score (nSPS) is 30.0. The van der Waals surface area contributed by atoms with Gasteiger partial charge in [0.2, 0.25) is 0 Å².